The lowest BCUT2D eigenvalue weighted by Gasteiger charge is -2.71. The molecule has 1 N–H and O–H groups in total. The Kier molecular flexibility index (Phi) is 4.23. The van der Waals surface area contributed by atoms with Gasteiger partial charge in [-0.3, -0.25) is 0 Å². The van der Waals surface area contributed by atoms with E-state index < -0.39 is 5.79 Å². The first kappa shape index (κ1) is 20.4. The molecule has 6 fully saturated rings. The fourth-order valence-corrected chi connectivity index (χ4v) is 9.97. The topological polar surface area (TPSA) is 57.2 Å². The molecule has 2 saturated heterocycles. The van der Waals surface area contributed by atoms with E-state index in [-0.39, 0.29) is 34.1 Å². The van der Waals surface area contributed by atoms with Crippen LogP contribution < -0.4 is 0 Å². The van der Waals surface area contributed by atoms with Crippen molar-refractivity contribution in [1.29, 1.82) is 0 Å². The molecule has 6 atom stereocenters. The van der Waals surface area contributed by atoms with Gasteiger partial charge in [0.25, 0.3) is 0 Å². The molecule has 0 aromatic carbocycles. The number of hydrogen-bond acceptors (Lipinski definition) is 5. The third-order valence-electron chi connectivity index (χ3n) is 11.6. The fourth-order valence-electron chi connectivity index (χ4n) is 9.97. The van der Waals surface area contributed by atoms with E-state index in [1.165, 1.54) is 12.8 Å². The van der Waals surface area contributed by atoms with Gasteiger partial charge < -0.3 is 24.1 Å². The summed E-state index contributed by atoms with van der Waals surface area (Å²) >= 11 is 0. The van der Waals surface area contributed by atoms with Gasteiger partial charge in [-0.15, -0.1) is 0 Å². The van der Waals surface area contributed by atoms with E-state index in [0.717, 1.165) is 58.2 Å². The molecule has 0 aromatic rings. The molecule has 6 aliphatic rings. The quantitative estimate of drug-likeness (QED) is 0.687. The third kappa shape index (κ3) is 2.18. The largest absolute Gasteiger partial charge is 0.396 e. The predicted octanol–water partition coefficient (Wildman–Crippen LogP) is 4.27. The van der Waals surface area contributed by atoms with Crippen LogP contribution in [0, 0.1) is 33.5 Å². The summed E-state index contributed by atoms with van der Waals surface area (Å²) in [5.74, 6) is 0.497. The molecular weight excluding hydrogens is 380 g/mol. The summed E-state index contributed by atoms with van der Waals surface area (Å²) in [5.41, 5.74) is 0.243. The highest BCUT2D eigenvalue weighted by atomic mass is 16.7. The Balaban J connectivity index is 1.38. The third-order valence-corrected chi connectivity index (χ3v) is 11.6. The van der Waals surface area contributed by atoms with Crippen LogP contribution in [-0.2, 0) is 18.9 Å². The highest BCUT2D eigenvalue weighted by molar-refractivity contribution is 5.20. The van der Waals surface area contributed by atoms with Gasteiger partial charge in [0.1, 0.15) is 0 Å². The van der Waals surface area contributed by atoms with Crippen LogP contribution in [0.4, 0.5) is 0 Å². The van der Waals surface area contributed by atoms with Gasteiger partial charge in [0.2, 0.25) is 0 Å². The summed E-state index contributed by atoms with van der Waals surface area (Å²) < 4.78 is 25.0. The van der Waals surface area contributed by atoms with Crippen LogP contribution in [0.25, 0.3) is 0 Å². The fraction of sp³-hybridized carbons (Fsp3) is 1.00. The Morgan fingerprint density at radius 3 is 2.00 bits per heavy atom. The summed E-state index contributed by atoms with van der Waals surface area (Å²) in [6.07, 6.45) is 9.79. The summed E-state index contributed by atoms with van der Waals surface area (Å²) in [4.78, 5) is 0. The second kappa shape index (κ2) is 6.22. The van der Waals surface area contributed by atoms with Crippen LogP contribution in [0.3, 0.4) is 0 Å². The van der Waals surface area contributed by atoms with Gasteiger partial charge in [0, 0.05) is 36.7 Å². The minimum Gasteiger partial charge on any atom is -0.396 e. The molecule has 170 valence electrons. The maximum absolute atomic E-state index is 11.1. The molecule has 0 bridgehead atoms. The lowest BCUT2D eigenvalue weighted by Crippen LogP contribution is -2.68. The van der Waals surface area contributed by atoms with E-state index in [9.17, 15) is 5.11 Å². The Bertz CT molecular complexity index is 712. The van der Waals surface area contributed by atoms with E-state index in [0.29, 0.717) is 25.0 Å². The molecule has 5 heteroatoms. The minimum atomic E-state index is -0.400. The highest BCUT2D eigenvalue weighted by Crippen LogP contribution is 2.77. The summed E-state index contributed by atoms with van der Waals surface area (Å²) in [6, 6.07) is 0. The Labute approximate surface area is 181 Å². The summed E-state index contributed by atoms with van der Waals surface area (Å²) in [6.45, 7) is 10.6. The molecule has 2 aliphatic heterocycles. The molecule has 5 nitrogen and oxygen atoms in total. The smallest absolute Gasteiger partial charge is 0.174 e. The van der Waals surface area contributed by atoms with E-state index in [1.54, 1.807) is 0 Å². The molecule has 4 aliphatic carbocycles. The van der Waals surface area contributed by atoms with Gasteiger partial charge in [0.05, 0.1) is 26.4 Å². The van der Waals surface area contributed by atoms with Gasteiger partial charge in [-0.2, -0.15) is 0 Å². The van der Waals surface area contributed by atoms with Crippen molar-refractivity contribution in [1.82, 2.24) is 0 Å². The molecule has 0 amide bonds. The molecule has 2 heterocycles. The SMILES string of the molecule is C[C@@]12CC[C@H]3[C@@H]4CCC5(OCCO5)[C@@]4(C)CC[C@]3(C)[C@@]1(CO)CCC1(C2)OCCO1. The van der Waals surface area contributed by atoms with E-state index in [1.807, 2.05) is 0 Å². The number of fused-ring (bicyclic) bond motifs is 6. The zero-order valence-electron chi connectivity index (χ0n) is 19.1. The van der Waals surface area contributed by atoms with Crippen molar-refractivity contribution in [2.45, 2.75) is 90.1 Å². The monoisotopic (exact) mass is 420 g/mol. The average molecular weight is 421 g/mol. The van der Waals surface area contributed by atoms with Crippen LogP contribution in [0.5, 0.6) is 0 Å². The van der Waals surface area contributed by atoms with Crippen LogP contribution in [0.2, 0.25) is 0 Å². The van der Waals surface area contributed by atoms with Crippen molar-refractivity contribution in [2.24, 2.45) is 33.5 Å². The van der Waals surface area contributed by atoms with Crippen molar-refractivity contribution in [3.05, 3.63) is 0 Å². The highest BCUT2D eigenvalue weighted by Gasteiger charge is 2.74. The van der Waals surface area contributed by atoms with Gasteiger partial charge in [-0.05, 0) is 61.2 Å². The van der Waals surface area contributed by atoms with E-state index >= 15 is 0 Å². The van der Waals surface area contributed by atoms with Crippen molar-refractivity contribution < 1.29 is 24.1 Å². The first-order valence-electron chi connectivity index (χ1n) is 12.4. The molecule has 0 radical (unpaired) electrons. The van der Waals surface area contributed by atoms with Gasteiger partial charge in [-0.1, -0.05) is 20.8 Å². The zero-order chi connectivity index (χ0) is 20.9. The Hall–Kier alpha value is -0.200. The number of ether oxygens (including phenoxy) is 4. The van der Waals surface area contributed by atoms with Crippen molar-refractivity contribution in [2.75, 3.05) is 33.0 Å². The van der Waals surface area contributed by atoms with Crippen molar-refractivity contribution in [3.8, 4) is 0 Å². The second-order valence-corrected chi connectivity index (χ2v) is 12.2. The lowest BCUT2D eigenvalue weighted by molar-refractivity contribution is -0.306. The number of hydrogen-bond donors (Lipinski definition) is 1. The first-order valence-corrected chi connectivity index (χ1v) is 12.4. The minimum absolute atomic E-state index is 0.0555. The molecule has 0 unspecified atom stereocenters. The number of aliphatic hydroxyl groups excluding tert-OH is 1. The first-order chi connectivity index (χ1) is 14.3. The van der Waals surface area contributed by atoms with E-state index in [4.69, 9.17) is 18.9 Å². The molecule has 2 spiro atoms. The molecule has 6 rings (SSSR count). The maximum Gasteiger partial charge on any atom is 0.174 e. The lowest BCUT2D eigenvalue weighted by atomic mass is 9.34. The zero-order valence-corrected chi connectivity index (χ0v) is 19.1. The Morgan fingerprint density at radius 2 is 1.30 bits per heavy atom. The van der Waals surface area contributed by atoms with Gasteiger partial charge in [-0.25, -0.2) is 0 Å². The molecule has 0 aromatic heterocycles. The maximum atomic E-state index is 11.1. The van der Waals surface area contributed by atoms with Crippen LogP contribution >= 0.6 is 0 Å². The number of aliphatic hydroxyl groups is 1. The van der Waals surface area contributed by atoms with Crippen LogP contribution in [0.15, 0.2) is 0 Å². The van der Waals surface area contributed by atoms with Crippen LogP contribution in [-0.4, -0.2) is 49.7 Å². The number of rotatable bonds is 1. The normalized spacial score (nSPS) is 53.6. The molecular formula is C25H40O5. The van der Waals surface area contributed by atoms with Crippen LogP contribution in [0.1, 0.15) is 78.6 Å². The molecule has 4 saturated carbocycles. The van der Waals surface area contributed by atoms with Crippen molar-refractivity contribution in [3.63, 3.8) is 0 Å². The summed E-state index contributed by atoms with van der Waals surface area (Å²) in [7, 11) is 0. The molecule has 30 heavy (non-hydrogen) atoms. The second-order valence-electron chi connectivity index (χ2n) is 12.2. The van der Waals surface area contributed by atoms with Gasteiger partial charge >= 0.3 is 0 Å². The van der Waals surface area contributed by atoms with Crippen molar-refractivity contribution >= 4 is 0 Å². The Morgan fingerprint density at radius 1 is 0.700 bits per heavy atom. The summed E-state index contributed by atoms with van der Waals surface area (Å²) in [5, 5.41) is 11.1. The standard InChI is InChI=1S/C25H40O5/c1-20-6-4-18-19-5-7-25(29-14-15-30-25)22(19,3)9-8-21(18,2)23(20,17-26)10-11-24(16-20)27-12-13-28-24/h18-19,26H,4-17H2,1-3H3/t18-,19-,20-,21-,22-,23+/m0/s1. The van der Waals surface area contributed by atoms with E-state index in [2.05, 4.69) is 20.8 Å². The predicted molar refractivity (Wildman–Crippen MR) is 112 cm³/mol. The average Bonchev–Trinajstić information content (AvgIpc) is 3.44. The van der Waals surface area contributed by atoms with Gasteiger partial charge in [0.15, 0.2) is 11.6 Å².